The number of carbonyl (C=O) groups excluding carboxylic acids is 3. The molecule has 2 saturated heterocycles. The van der Waals surface area contributed by atoms with Crippen LogP contribution in [0.1, 0.15) is 53.7 Å². The van der Waals surface area contributed by atoms with Gasteiger partial charge in [0.15, 0.2) is 5.11 Å². The highest BCUT2D eigenvalue weighted by atomic mass is 32.1. The van der Waals surface area contributed by atoms with Crippen LogP contribution in [0.5, 0.6) is 0 Å². The molecule has 2 aromatic rings. The van der Waals surface area contributed by atoms with Crippen molar-refractivity contribution in [2.75, 3.05) is 43.5 Å². The number of anilines is 2. The largest absolute Gasteiger partial charge is 0.418 e. The Hall–Kier alpha value is -4.07. The van der Waals surface area contributed by atoms with Crippen molar-refractivity contribution in [2.45, 2.75) is 43.8 Å². The van der Waals surface area contributed by atoms with Crippen molar-refractivity contribution in [3.8, 4) is 0 Å². The highest BCUT2D eigenvalue weighted by molar-refractivity contribution is 7.81. The van der Waals surface area contributed by atoms with Crippen LogP contribution in [0.2, 0.25) is 0 Å². The number of aromatic nitrogens is 1. The standard InChI is InChI=1S/C29H32F3N7O3S/c1-33-17-23-22(29(30,31)32)14-21(16-35-23)38-25(41)28(10-3-11-28)39(27(38)43)20-6-4-19(5-7-20)24(40)36-15-18-8-12-37(13-9-18)26(42)34-2/h4-7,14,16-18H,3,8-13,15H2,1-2H3,(H,34,42)(H,36,40). The lowest BCUT2D eigenvalue weighted by Crippen LogP contribution is -2.55. The summed E-state index contributed by atoms with van der Waals surface area (Å²) >= 11 is 5.69. The third-order valence-electron chi connectivity index (χ3n) is 8.37. The molecule has 0 bridgehead atoms. The average Bonchev–Trinajstić information content (AvgIpc) is 3.22. The molecule has 2 N–H and O–H groups in total. The predicted octanol–water partition coefficient (Wildman–Crippen LogP) is 3.99. The first-order valence-electron chi connectivity index (χ1n) is 14.0. The number of thiocarbonyl (C=S) groups is 1. The van der Waals surface area contributed by atoms with Crippen molar-refractivity contribution in [3.63, 3.8) is 0 Å². The van der Waals surface area contributed by atoms with E-state index in [1.807, 2.05) is 0 Å². The predicted molar refractivity (Wildman–Crippen MR) is 159 cm³/mol. The summed E-state index contributed by atoms with van der Waals surface area (Å²) in [5.41, 5.74) is -1.45. The number of rotatable bonds is 6. The van der Waals surface area contributed by atoms with Gasteiger partial charge in [-0.2, -0.15) is 13.2 Å². The maximum atomic E-state index is 13.8. The summed E-state index contributed by atoms with van der Waals surface area (Å²) in [4.78, 5) is 50.5. The van der Waals surface area contributed by atoms with Gasteiger partial charge in [0.2, 0.25) is 0 Å². The number of pyridine rings is 1. The summed E-state index contributed by atoms with van der Waals surface area (Å²) in [6.07, 6.45) is 0.830. The second-order valence-electron chi connectivity index (χ2n) is 10.9. The van der Waals surface area contributed by atoms with Gasteiger partial charge < -0.3 is 20.4 Å². The third kappa shape index (κ3) is 5.67. The SMILES string of the molecule is CN=Cc1ncc(N2C(=O)C3(CCC3)N(c3ccc(C(=O)NCC4CCN(C(=O)NC)CC4)cc3)C2=S)cc1C(F)(F)F. The summed E-state index contributed by atoms with van der Waals surface area (Å²) in [5, 5.41) is 5.64. The molecule has 4 amide bonds. The van der Waals surface area contributed by atoms with E-state index in [9.17, 15) is 27.6 Å². The molecule has 2 aliphatic heterocycles. The highest BCUT2D eigenvalue weighted by Crippen LogP contribution is 2.48. The van der Waals surface area contributed by atoms with Gasteiger partial charge in [-0.25, -0.2) is 4.79 Å². The zero-order valence-corrected chi connectivity index (χ0v) is 24.6. The molecule has 0 radical (unpaired) electrons. The molecule has 3 heterocycles. The van der Waals surface area contributed by atoms with E-state index in [-0.39, 0.29) is 34.3 Å². The number of nitrogens with one attached hydrogen (secondary N) is 2. The Morgan fingerprint density at radius 2 is 1.84 bits per heavy atom. The number of halogens is 3. The van der Waals surface area contributed by atoms with Crippen LogP contribution in [0.4, 0.5) is 29.3 Å². The summed E-state index contributed by atoms with van der Waals surface area (Å²) in [6, 6.07) is 7.45. The molecule has 14 heteroatoms. The van der Waals surface area contributed by atoms with Crippen LogP contribution in [0.25, 0.3) is 0 Å². The van der Waals surface area contributed by atoms with Crippen LogP contribution in [0.3, 0.4) is 0 Å². The van der Waals surface area contributed by atoms with Gasteiger partial charge in [0.25, 0.3) is 11.8 Å². The Bertz CT molecular complexity index is 1450. The summed E-state index contributed by atoms with van der Waals surface area (Å²) in [7, 11) is 2.95. The van der Waals surface area contributed by atoms with Gasteiger partial charge in [-0.05, 0) is 80.6 Å². The average molecular weight is 616 g/mol. The molecule has 0 unspecified atom stereocenters. The second kappa shape index (κ2) is 11.9. The molecule has 3 fully saturated rings. The normalized spacial score (nSPS) is 18.9. The maximum absolute atomic E-state index is 13.8. The molecule has 10 nitrogen and oxygen atoms in total. The molecule has 5 rings (SSSR count). The summed E-state index contributed by atoms with van der Waals surface area (Å²) in [6.45, 7) is 1.75. The Morgan fingerprint density at radius 1 is 1.16 bits per heavy atom. The van der Waals surface area contributed by atoms with Gasteiger partial charge in [0.05, 0.1) is 23.1 Å². The number of aliphatic imine (C=N–C) groups is 1. The van der Waals surface area contributed by atoms with Gasteiger partial charge in [0, 0.05) is 51.2 Å². The van der Waals surface area contributed by atoms with E-state index in [1.165, 1.54) is 13.2 Å². The van der Waals surface area contributed by atoms with Crippen LogP contribution in [-0.2, 0) is 11.0 Å². The lowest BCUT2D eigenvalue weighted by atomic mass is 9.75. The molecule has 3 aliphatic rings. The summed E-state index contributed by atoms with van der Waals surface area (Å²) < 4.78 is 41.5. The fraction of sp³-hybridized carbons (Fsp3) is 0.448. The molecule has 1 aliphatic carbocycles. The lowest BCUT2D eigenvalue weighted by Gasteiger charge is -2.43. The highest BCUT2D eigenvalue weighted by Gasteiger charge is 2.59. The smallest absolute Gasteiger partial charge is 0.352 e. The van der Waals surface area contributed by atoms with Crippen molar-refractivity contribution in [1.82, 2.24) is 20.5 Å². The van der Waals surface area contributed by atoms with E-state index >= 15 is 0 Å². The number of carbonyl (C=O) groups is 3. The van der Waals surface area contributed by atoms with Crippen molar-refractivity contribution in [2.24, 2.45) is 10.9 Å². The monoisotopic (exact) mass is 615 g/mol. The number of urea groups is 1. The summed E-state index contributed by atoms with van der Waals surface area (Å²) in [5.74, 6) is -0.390. The van der Waals surface area contributed by atoms with Gasteiger partial charge in [0.1, 0.15) is 5.54 Å². The Labute approximate surface area is 252 Å². The van der Waals surface area contributed by atoms with Crippen LogP contribution in [0, 0.1) is 5.92 Å². The molecule has 43 heavy (non-hydrogen) atoms. The first-order valence-corrected chi connectivity index (χ1v) is 14.4. The molecule has 1 spiro atoms. The fourth-order valence-electron chi connectivity index (χ4n) is 5.85. The zero-order valence-electron chi connectivity index (χ0n) is 23.8. The number of nitrogens with zero attached hydrogens (tertiary/aromatic N) is 5. The minimum Gasteiger partial charge on any atom is -0.352 e. The van der Waals surface area contributed by atoms with Crippen LogP contribution < -0.4 is 20.4 Å². The first-order chi connectivity index (χ1) is 20.5. The molecule has 1 aromatic heterocycles. The van der Waals surface area contributed by atoms with E-state index < -0.39 is 23.2 Å². The minimum absolute atomic E-state index is 0.0526. The van der Waals surface area contributed by atoms with E-state index in [0.717, 1.165) is 36.4 Å². The van der Waals surface area contributed by atoms with E-state index in [1.54, 1.807) is 41.1 Å². The zero-order chi connectivity index (χ0) is 30.9. The number of piperidine rings is 1. The number of hydrogen-bond donors (Lipinski definition) is 2. The number of amides is 4. The van der Waals surface area contributed by atoms with Gasteiger partial charge in [-0.15, -0.1) is 0 Å². The molecule has 0 atom stereocenters. The Balaban J connectivity index is 1.31. The van der Waals surface area contributed by atoms with Crippen LogP contribution >= 0.6 is 12.2 Å². The Morgan fingerprint density at radius 3 is 2.40 bits per heavy atom. The lowest BCUT2D eigenvalue weighted by molar-refractivity contribution is -0.138. The third-order valence-corrected chi connectivity index (χ3v) is 8.73. The molecule has 228 valence electrons. The van der Waals surface area contributed by atoms with Crippen molar-refractivity contribution in [3.05, 3.63) is 53.3 Å². The quantitative estimate of drug-likeness (QED) is 0.376. The van der Waals surface area contributed by atoms with Gasteiger partial charge >= 0.3 is 12.2 Å². The van der Waals surface area contributed by atoms with Crippen molar-refractivity contribution >= 4 is 52.8 Å². The topological polar surface area (TPSA) is 110 Å². The number of alkyl halides is 3. The molecule has 1 aromatic carbocycles. The van der Waals surface area contributed by atoms with Crippen LogP contribution in [0.15, 0.2) is 41.5 Å². The first kappa shape index (κ1) is 30.4. The van der Waals surface area contributed by atoms with E-state index in [2.05, 4.69) is 20.6 Å². The van der Waals surface area contributed by atoms with Crippen molar-refractivity contribution in [1.29, 1.82) is 0 Å². The van der Waals surface area contributed by atoms with E-state index in [0.29, 0.717) is 43.7 Å². The second-order valence-corrected chi connectivity index (χ2v) is 11.3. The maximum Gasteiger partial charge on any atom is 0.418 e. The molecular weight excluding hydrogens is 583 g/mol. The van der Waals surface area contributed by atoms with Gasteiger partial charge in [-0.3, -0.25) is 24.5 Å². The van der Waals surface area contributed by atoms with Crippen molar-refractivity contribution < 1.29 is 27.6 Å². The van der Waals surface area contributed by atoms with Crippen LogP contribution in [-0.4, -0.2) is 78.3 Å². The fourth-order valence-corrected chi connectivity index (χ4v) is 6.31. The van der Waals surface area contributed by atoms with E-state index in [4.69, 9.17) is 12.2 Å². The number of likely N-dealkylation sites (tertiary alicyclic amines) is 1. The van der Waals surface area contributed by atoms with Gasteiger partial charge in [-0.1, -0.05) is 0 Å². The molecule has 1 saturated carbocycles. The Kier molecular flexibility index (Phi) is 8.41. The number of benzene rings is 1. The number of hydrogen-bond acceptors (Lipinski definition) is 6. The molecular formula is C29H32F3N7O3S. The minimum atomic E-state index is -4.71.